The van der Waals surface area contributed by atoms with E-state index in [-0.39, 0.29) is 29.2 Å². The molecular weight excluding hydrogens is 516 g/mol. The molecule has 2 fully saturated rings. The third-order valence-corrected chi connectivity index (χ3v) is 7.64. The first kappa shape index (κ1) is 31.6. The van der Waals surface area contributed by atoms with Gasteiger partial charge in [-0.05, 0) is 43.9 Å². The van der Waals surface area contributed by atoms with E-state index in [1.807, 2.05) is 6.92 Å². The van der Waals surface area contributed by atoms with Crippen molar-refractivity contribution in [3.63, 3.8) is 0 Å². The fraction of sp³-hybridized carbons (Fsp3) is 0.733. The highest BCUT2D eigenvalue weighted by molar-refractivity contribution is 5.98. The molecule has 1 saturated heterocycles. The van der Waals surface area contributed by atoms with Crippen LogP contribution in [0.25, 0.3) is 0 Å². The maximum absolute atomic E-state index is 13.3. The Kier molecular flexibility index (Phi) is 12.5. The first-order valence-corrected chi connectivity index (χ1v) is 14.6. The number of hydrogen-bond donors (Lipinski definition) is 1. The van der Waals surface area contributed by atoms with Crippen molar-refractivity contribution < 1.29 is 38.1 Å². The second-order valence-electron chi connectivity index (χ2n) is 11.4. The van der Waals surface area contributed by atoms with Crippen LogP contribution >= 0.6 is 0 Å². The zero-order valence-electron chi connectivity index (χ0n) is 24.6. The van der Waals surface area contributed by atoms with Gasteiger partial charge in [-0.3, -0.25) is 9.59 Å². The molecule has 0 bridgehead atoms. The zero-order valence-corrected chi connectivity index (χ0v) is 24.6. The summed E-state index contributed by atoms with van der Waals surface area (Å²) in [6.45, 7) is 7.56. The van der Waals surface area contributed by atoms with E-state index < -0.39 is 36.8 Å². The van der Waals surface area contributed by atoms with Crippen LogP contribution < -0.4 is 14.8 Å². The van der Waals surface area contributed by atoms with Gasteiger partial charge >= 0.3 is 11.9 Å². The number of rotatable bonds is 11. The Balaban J connectivity index is 1.75. The van der Waals surface area contributed by atoms with Gasteiger partial charge in [0.15, 0.2) is 17.2 Å². The predicted octanol–water partition coefficient (Wildman–Crippen LogP) is 4.83. The fourth-order valence-electron chi connectivity index (χ4n) is 5.68. The maximum atomic E-state index is 13.3. The van der Waals surface area contributed by atoms with Crippen molar-refractivity contribution >= 4 is 17.8 Å². The molecule has 10 nitrogen and oxygen atoms in total. The van der Waals surface area contributed by atoms with Crippen LogP contribution in [0.5, 0.6) is 11.5 Å². The van der Waals surface area contributed by atoms with Crippen molar-refractivity contribution in [3.8, 4) is 11.5 Å². The highest BCUT2D eigenvalue weighted by Gasteiger charge is 2.36. The smallest absolute Gasteiger partial charge is 0.329 e. The fourth-order valence-corrected chi connectivity index (χ4v) is 5.68. The van der Waals surface area contributed by atoms with Crippen molar-refractivity contribution in [2.24, 2.45) is 17.8 Å². The Labute approximate surface area is 237 Å². The molecule has 1 N–H and O–H groups in total. The molecule has 1 aromatic rings. The van der Waals surface area contributed by atoms with Crippen LogP contribution in [0.4, 0.5) is 0 Å². The van der Waals surface area contributed by atoms with Crippen molar-refractivity contribution in [1.82, 2.24) is 10.3 Å². The number of hydrogen-bond acceptors (Lipinski definition) is 9. The number of aromatic nitrogens is 1. The lowest BCUT2D eigenvalue weighted by Crippen LogP contribution is -2.45. The van der Waals surface area contributed by atoms with E-state index in [1.54, 1.807) is 0 Å². The summed E-state index contributed by atoms with van der Waals surface area (Å²) in [4.78, 5) is 42.0. The number of esters is 2. The molecule has 2 heterocycles. The summed E-state index contributed by atoms with van der Waals surface area (Å²) < 4.78 is 28.0. The van der Waals surface area contributed by atoms with Crippen molar-refractivity contribution in [3.05, 3.63) is 18.0 Å². The van der Waals surface area contributed by atoms with E-state index in [0.29, 0.717) is 24.9 Å². The Bertz CT molecular complexity index is 978. The lowest BCUT2D eigenvalue weighted by molar-refractivity contribution is -0.162. The van der Waals surface area contributed by atoms with Crippen molar-refractivity contribution in [2.45, 2.75) is 104 Å². The normalized spacial score (nSPS) is 24.3. The summed E-state index contributed by atoms with van der Waals surface area (Å²) in [5.41, 5.74) is -0.0828. The summed E-state index contributed by atoms with van der Waals surface area (Å²) in [6, 6.07) is 0.669. The molecule has 10 heteroatoms. The van der Waals surface area contributed by atoms with E-state index in [0.717, 1.165) is 19.3 Å². The summed E-state index contributed by atoms with van der Waals surface area (Å²) >= 11 is 0. The number of methoxy groups -OCH3 is 1. The third kappa shape index (κ3) is 9.35. The number of ether oxygens (including phenoxy) is 5. The molecule has 1 amide bonds. The van der Waals surface area contributed by atoms with E-state index in [9.17, 15) is 14.4 Å². The molecule has 3 rings (SSSR count). The molecule has 0 radical (unpaired) electrons. The minimum Gasteiger partial charge on any atom is -0.493 e. The van der Waals surface area contributed by atoms with Gasteiger partial charge in [-0.2, -0.15) is 0 Å². The Hall–Kier alpha value is -2.88. The number of carbonyl (C=O) groups is 3. The molecule has 0 spiro atoms. The van der Waals surface area contributed by atoms with E-state index in [4.69, 9.17) is 23.7 Å². The zero-order chi connectivity index (χ0) is 29.1. The number of nitrogens with one attached hydrogen (secondary N) is 1. The number of cyclic esters (lactones) is 1. The van der Waals surface area contributed by atoms with Crippen LogP contribution in [0, 0.1) is 17.8 Å². The van der Waals surface area contributed by atoms with Gasteiger partial charge in [0.05, 0.1) is 13.2 Å². The van der Waals surface area contributed by atoms with Crippen LogP contribution in [-0.4, -0.2) is 61.6 Å². The quantitative estimate of drug-likeness (QED) is 0.298. The van der Waals surface area contributed by atoms with Crippen molar-refractivity contribution in [2.75, 3.05) is 20.5 Å². The van der Waals surface area contributed by atoms with E-state index in [2.05, 4.69) is 24.1 Å². The number of amides is 1. The molecule has 1 aliphatic carbocycles. The van der Waals surface area contributed by atoms with Crippen LogP contribution in [0.15, 0.2) is 12.3 Å². The molecule has 2 aliphatic rings. The largest absolute Gasteiger partial charge is 0.493 e. The van der Waals surface area contributed by atoms with E-state index in [1.165, 1.54) is 58.4 Å². The van der Waals surface area contributed by atoms with Gasteiger partial charge in [0.25, 0.3) is 5.91 Å². The standard InChI is InChI=1S/C30H46N2O8/c1-19(2)17-37-27-20(3)40-30(35)24(13-9-12-23(27)16-22-10-7-6-8-11-22)32-29(34)26-28(39-18-38-21(4)33)25(36-5)14-15-31-26/h14-15,19-20,22-24,27H,6-13,16-18H2,1-5H3,(H,32,34). The highest BCUT2D eigenvalue weighted by Crippen LogP contribution is 2.35. The number of carbonyl (C=O) groups excluding carboxylic acids is 3. The second-order valence-corrected chi connectivity index (χ2v) is 11.4. The summed E-state index contributed by atoms with van der Waals surface area (Å²) in [5, 5.41) is 2.79. The molecule has 224 valence electrons. The summed E-state index contributed by atoms with van der Waals surface area (Å²) in [5.74, 6) is -0.0660. The van der Waals surface area contributed by atoms with Gasteiger partial charge in [0.2, 0.25) is 6.79 Å². The highest BCUT2D eigenvalue weighted by atomic mass is 16.7. The van der Waals surface area contributed by atoms with Crippen LogP contribution in [-0.2, 0) is 23.8 Å². The SMILES string of the molecule is COc1ccnc(C(=O)NC2CCCC(CC3CCCCC3)C(OCC(C)C)C(C)OC2=O)c1OCOC(C)=O. The monoisotopic (exact) mass is 562 g/mol. The topological polar surface area (TPSA) is 122 Å². The molecule has 1 aliphatic heterocycles. The minimum atomic E-state index is -0.858. The molecule has 1 aromatic heterocycles. The van der Waals surface area contributed by atoms with Gasteiger partial charge in [0, 0.05) is 25.8 Å². The van der Waals surface area contributed by atoms with Gasteiger partial charge in [-0.25, -0.2) is 9.78 Å². The molecule has 4 atom stereocenters. The average molecular weight is 563 g/mol. The number of pyridine rings is 1. The molecule has 0 aromatic carbocycles. The van der Waals surface area contributed by atoms with Gasteiger partial charge in [-0.15, -0.1) is 0 Å². The Morgan fingerprint density at radius 1 is 1.12 bits per heavy atom. The van der Waals surface area contributed by atoms with Gasteiger partial charge in [0.1, 0.15) is 12.1 Å². The third-order valence-electron chi connectivity index (χ3n) is 7.64. The molecule has 1 saturated carbocycles. The van der Waals surface area contributed by atoms with Crippen molar-refractivity contribution in [1.29, 1.82) is 0 Å². The minimum absolute atomic E-state index is 0.0169. The first-order valence-electron chi connectivity index (χ1n) is 14.6. The Morgan fingerprint density at radius 2 is 1.88 bits per heavy atom. The van der Waals surface area contributed by atoms with Gasteiger partial charge in [-0.1, -0.05) is 52.4 Å². The molecule has 40 heavy (non-hydrogen) atoms. The molecule has 4 unspecified atom stereocenters. The number of nitrogens with zero attached hydrogens (tertiary/aromatic N) is 1. The first-order chi connectivity index (χ1) is 19.2. The Morgan fingerprint density at radius 3 is 2.55 bits per heavy atom. The lowest BCUT2D eigenvalue weighted by Gasteiger charge is -2.34. The van der Waals surface area contributed by atoms with Crippen LogP contribution in [0.2, 0.25) is 0 Å². The second kappa shape index (κ2) is 15.8. The van der Waals surface area contributed by atoms with Crippen LogP contribution in [0.1, 0.15) is 96.0 Å². The summed E-state index contributed by atoms with van der Waals surface area (Å²) in [6.07, 6.45) is 10.3. The van der Waals surface area contributed by atoms with Crippen LogP contribution in [0.3, 0.4) is 0 Å². The van der Waals surface area contributed by atoms with E-state index >= 15 is 0 Å². The predicted molar refractivity (Wildman–Crippen MR) is 148 cm³/mol. The average Bonchev–Trinajstić information content (AvgIpc) is 2.96. The molecular formula is C30H46N2O8. The lowest BCUT2D eigenvalue weighted by atomic mass is 9.78. The summed E-state index contributed by atoms with van der Waals surface area (Å²) in [7, 11) is 1.42. The van der Waals surface area contributed by atoms with Gasteiger partial charge < -0.3 is 29.0 Å². The maximum Gasteiger partial charge on any atom is 0.329 e.